The van der Waals surface area contributed by atoms with Crippen LogP contribution in [0.1, 0.15) is 22.3 Å². The van der Waals surface area contributed by atoms with E-state index in [0.29, 0.717) is 6.42 Å². The van der Waals surface area contributed by atoms with E-state index in [4.69, 9.17) is 0 Å². The van der Waals surface area contributed by atoms with Crippen molar-refractivity contribution in [2.75, 3.05) is 13.6 Å². The van der Waals surface area contributed by atoms with Crippen molar-refractivity contribution in [2.45, 2.75) is 32.0 Å². The van der Waals surface area contributed by atoms with Gasteiger partial charge in [-0.25, -0.2) is 0 Å². The van der Waals surface area contributed by atoms with Gasteiger partial charge in [-0.2, -0.15) is 0 Å². The summed E-state index contributed by atoms with van der Waals surface area (Å²) in [4.78, 5) is 13.6. The zero-order valence-electron chi connectivity index (χ0n) is 14.0. The second kappa shape index (κ2) is 7.60. The first-order chi connectivity index (χ1) is 11.7. The molecular weight excluding hydrogens is 300 g/mol. The van der Waals surface area contributed by atoms with Gasteiger partial charge in [0.15, 0.2) is 0 Å². The number of nitrogens with one attached hydrogen (secondary N) is 1. The minimum Gasteiger partial charge on any atom is -0.480 e. The van der Waals surface area contributed by atoms with Crippen LogP contribution in [0.3, 0.4) is 0 Å². The smallest absolute Gasteiger partial charge is 0.321 e. The Labute approximate surface area is 143 Å². The number of carbonyl (C=O) groups is 1. The third kappa shape index (κ3) is 4.02. The van der Waals surface area contributed by atoms with Crippen LogP contribution < -0.4 is 5.32 Å². The highest BCUT2D eigenvalue weighted by molar-refractivity contribution is 5.73. The van der Waals surface area contributed by atoms with Gasteiger partial charge in [-0.3, -0.25) is 9.69 Å². The van der Waals surface area contributed by atoms with Crippen LogP contribution in [-0.4, -0.2) is 35.6 Å². The van der Waals surface area contributed by atoms with E-state index < -0.39 is 12.0 Å². The molecule has 0 amide bonds. The van der Waals surface area contributed by atoms with Gasteiger partial charge in [-0.15, -0.1) is 0 Å². The van der Waals surface area contributed by atoms with Gasteiger partial charge in [0.25, 0.3) is 0 Å². The Morgan fingerprint density at radius 3 is 2.67 bits per heavy atom. The fourth-order valence-electron chi connectivity index (χ4n) is 3.35. The van der Waals surface area contributed by atoms with E-state index in [1.54, 1.807) is 7.05 Å². The molecule has 3 rings (SSSR count). The minimum absolute atomic E-state index is 0.502. The first kappa shape index (κ1) is 16.7. The molecule has 2 aromatic rings. The lowest BCUT2D eigenvalue weighted by molar-refractivity contribution is -0.139. The Morgan fingerprint density at radius 2 is 1.92 bits per heavy atom. The fourth-order valence-corrected chi connectivity index (χ4v) is 3.35. The fraction of sp³-hybridized carbons (Fsp3) is 0.350. The highest BCUT2D eigenvalue weighted by Crippen LogP contribution is 2.20. The van der Waals surface area contributed by atoms with Gasteiger partial charge in [-0.1, -0.05) is 48.5 Å². The maximum absolute atomic E-state index is 11.2. The molecule has 126 valence electrons. The molecule has 0 spiro atoms. The summed E-state index contributed by atoms with van der Waals surface area (Å²) in [6.45, 7) is 2.95. The molecule has 4 heteroatoms. The lowest BCUT2D eigenvalue weighted by Crippen LogP contribution is -2.35. The summed E-state index contributed by atoms with van der Waals surface area (Å²) < 4.78 is 0. The maximum Gasteiger partial charge on any atom is 0.321 e. The number of hydrogen-bond donors (Lipinski definition) is 2. The van der Waals surface area contributed by atoms with Crippen molar-refractivity contribution in [3.63, 3.8) is 0 Å². The number of fused-ring (bicyclic) bond motifs is 1. The molecule has 1 atom stereocenters. The molecule has 0 fully saturated rings. The first-order valence-electron chi connectivity index (χ1n) is 8.42. The van der Waals surface area contributed by atoms with Crippen molar-refractivity contribution in [3.05, 3.63) is 70.8 Å². The number of aliphatic carboxylic acids is 1. The molecule has 2 N–H and O–H groups in total. The monoisotopic (exact) mass is 324 g/mol. The van der Waals surface area contributed by atoms with E-state index in [1.165, 1.54) is 16.7 Å². The van der Waals surface area contributed by atoms with Gasteiger partial charge in [0.1, 0.15) is 6.04 Å². The molecule has 1 unspecified atom stereocenters. The highest BCUT2D eigenvalue weighted by Gasteiger charge is 2.17. The summed E-state index contributed by atoms with van der Waals surface area (Å²) in [6.07, 6.45) is 1.60. The van der Waals surface area contributed by atoms with Gasteiger partial charge < -0.3 is 10.4 Å². The van der Waals surface area contributed by atoms with Crippen molar-refractivity contribution in [1.82, 2.24) is 10.2 Å². The molecule has 1 heterocycles. The SMILES string of the molecule is CNC(Cc1cccc(CN2CCc3ccccc3C2)c1)C(=O)O. The highest BCUT2D eigenvalue weighted by atomic mass is 16.4. The molecule has 1 aliphatic rings. The van der Waals surface area contributed by atoms with Gasteiger partial charge in [0, 0.05) is 19.6 Å². The first-order valence-corrected chi connectivity index (χ1v) is 8.42. The zero-order chi connectivity index (χ0) is 16.9. The van der Waals surface area contributed by atoms with Crippen LogP contribution in [0.2, 0.25) is 0 Å². The quantitative estimate of drug-likeness (QED) is 0.857. The van der Waals surface area contributed by atoms with E-state index >= 15 is 0 Å². The maximum atomic E-state index is 11.2. The van der Waals surface area contributed by atoms with Crippen molar-refractivity contribution < 1.29 is 9.90 Å². The Kier molecular flexibility index (Phi) is 5.28. The number of carboxylic acid groups (broad SMARTS) is 1. The lowest BCUT2D eigenvalue weighted by atomic mass is 9.99. The third-order valence-corrected chi connectivity index (χ3v) is 4.69. The van der Waals surface area contributed by atoms with E-state index in [1.807, 2.05) is 12.1 Å². The molecule has 0 saturated heterocycles. The average molecular weight is 324 g/mol. The van der Waals surface area contributed by atoms with E-state index in [-0.39, 0.29) is 0 Å². The van der Waals surface area contributed by atoms with Crippen LogP contribution in [0.25, 0.3) is 0 Å². The summed E-state index contributed by atoms with van der Waals surface area (Å²) in [5.41, 5.74) is 5.18. The largest absolute Gasteiger partial charge is 0.480 e. The summed E-state index contributed by atoms with van der Waals surface area (Å²) in [6, 6.07) is 16.4. The minimum atomic E-state index is -0.810. The molecule has 0 bridgehead atoms. The van der Waals surface area contributed by atoms with Crippen molar-refractivity contribution in [3.8, 4) is 0 Å². The predicted octanol–water partition coefficient (Wildman–Crippen LogP) is 2.46. The predicted molar refractivity (Wildman–Crippen MR) is 94.9 cm³/mol. The molecule has 0 radical (unpaired) electrons. The van der Waals surface area contributed by atoms with E-state index in [0.717, 1.165) is 31.6 Å². The molecule has 24 heavy (non-hydrogen) atoms. The normalized spacial score (nSPS) is 15.7. The summed E-state index contributed by atoms with van der Waals surface area (Å²) in [5.74, 6) is -0.810. The molecule has 1 aliphatic heterocycles. The lowest BCUT2D eigenvalue weighted by Gasteiger charge is -2.28. The van der Waals surface area contributed by atoms with Crippen LogP contribution >= 0.6 is 0 Å². The Hall–Kier alpha value is -2.17. The third-order valence-electron chi connectivity index (χ3n) is 4.69. The van der Waals surface area contributed by atoms with Crippen LogP contribution in [-0.2, 0) is 30.7 Å². The standard InChI is InChI=1S/C20H24N2O2/c1-21-19(20(23)24)12-15-5-4-6-16(11-15)13-22-10-9-17-7-2-3-8-18(17)14-22/h2-8,11,19,21H,9-10,12-14H2,1H3,(H,23,24). The second-order valence-corrected chi connectivity index (χ2v) is 6.43. The Balaban J connectivity index is 1.66. The number of hydrogen-bond acceptors (Lipinski definition) is 3. The second-order valence-electron chi connectivity index (χ2n) is 6.43. The number of nitrogens with zero attached hydrogens (tertiary/aromatic N) is 1. The molecule has 0 aromatic heterocycles. The van der Waals surface area contributed by atoms with Crippen molar-refractivity contribution in [1.29, 1.82) is 0 Å². The van der Waals surface area contributed by atoms with Crippen molar-refractivity contribution in [2.24, 2.45) is 0 Å². The van der Waals surface area contributed by atoms with Crippen LogP contribution in [0.5, 0.6) is 0 Å². The topological polar surface area (TPSA) is 52.6 Å². The molecular formula is C20H24N2O2. The molecule has 0 aliphatic carbocycles. The summed E-state index contributed by atoms with van der Waals surface area (Å²) in [5, 5.41) is 12.0. The van der Waals surface area contributed by atoms with Crippen LogP contribution in [0, 0.1) is 0 Å². The number of likely N-dealkylation sites (N-methyl/N-ethyl adjacent to an activating group) is 1. The molecule has 4 nitrogen and oxygen atoms in total. The van der Waals surface area contributed by atoms with Crippen molar-refractivity contribution >= 4 is 5.97 Å². The number of benzene rings is 2. The number of carboxylic acids is 1. The van der Waals surface area contributed by atoms with Gasteiger partial charge in [-0.05, 0) is 42.1 Å². The van der Waals surface area contributed by atoms with E-state index in [2.05, 4.69) is 46.6 Å². The summed E-state index contributed by atoms with van der Waals surface area (Å²) in [7, 11) is 1.69. The van der Waals surface area contributed by atoms with Crippen LogP contribution in [0.4, 0.5) is 0 Å². The Bertz CT molecular complexity index is 714. The van der Waals surface area contributed by atoms with Gasteiger partial charge >= 0.3 is 5.97 Å². The Morgan fingerprint density at radius 1 is 1.17 bits per heavy atom. The number of rotatable bonds is 6. The molecule has 0 saturated carbocycles. The van der Waals surface area contributed by atoms with E-state index in [9.17, 15) is 9.90 Å². The van der Waals surface area contributed by atoms with Gasteiger partial charge in [0.05, 0.1) is 0 Å². The molecule has 2 aromatic carbocycles. The van der Waals surface area contributed by atoms with Gasteiger partial charge in [0.2, 0.25) is 0 Å². The summed E-state index contributed by atoms with van der Waals surface area (Å²) >= 11 is 0. The van der Waals surface area contributed by atoms with Crippen LogP contribution in [0.15, 0.2) is 48.5 Å². The average Bonchev–Trinajstić information content (AvgIpc) is 2.59. The zero-order valence-corrected chi connectivity index (χ0v) is 14.0.